The van der Waals surface area contributed by atoms with Gasteiger partial charge in [-0.1, -0.05) is 30.3 Å². The highest BCUT2D eigenvalue weighted by Crippen LogP contribution is 2.31. The van der Waals surface area contributed by atoms with Crippen LogP contribution in [0.15, 0.2) is 54.6 Å². The Morgan fingerprint density at radius 2 is 1.81 bits per heavy atom. The molecule has 2 aromatic carbocycles. The molecule has 7 nitrogen and oxygen atoms in total. The number of carbonyl (C=O) groups is 2. The van der Waals surface area contributed by atoms with Crippen molar-refractivity contribution in [2.45, 2.75) is 26.8 Å². The van der Waals surface area contributed by atoms with E-state index in [4.69, 9.17) is 4.74 Å². The lowest BCUT2D eigenvalue weighted by atomic mass is 10.1. The highest BCUT2D eigenvalue weighted by atomic mass is 16.5. The van der Waals surface area contributed by atoms with E-state index in [2.05, 4.69) is 5.10 Å². The van der Waals surface area contributed by atoms with E-state index in [9.17, 15) is 9.59 Å². The minimum absolute atomic E-state index is 0.00188. The summed E-state index contributed by atoms with van der Waals surface area (Å²) in [5.41, 5.74) is 4.66. The quantitative estimate of drug-likeness (QED) is 0.616. The molecule has 0 N–H and O–H groups in total. The topological polar surface area (TPSA) is 67.7 Å². The summed E-state index contributed by atoms with van der Waals surface area (Å²) in [6, 6.07) is 17.3. The van der Waals surface area contributed by atoms with Gasteiger partial charge in [0.05, 0.1) is 17.1 Å². The molecule has 0 bridgehead atoms. The van der Waals surface area contributed by atoms with Crippen LogP contribution in [0, 0.1) is 13.8 Å². The maximum absolute atomic E-state index is 12.8. The fraction of sp³-hybridized carbons (Fsp3) is 0.292. The zero-order chi connectivity index (χ0) is 22.0. The largest absolute Gasteiger partial charge is 0.482 e. The highest BCUT2D eigenvalue weighted by molar-refractivity contribution is 5.98. The molecule has 2 heterocycles. The Labute approximate surface area is 181 Å². The molecule has 0 spiro atoms. The number of amides is 2. The number of rotatable bonds is 6. The van der Waals surface area contributed by atoms with Crippen LogP contribution in [0.4, 0.5) is 5.69 Å². The number of hydrogen-bond acceptors (Lipinski definition) is 4. The van der Waals surface area contributed by atoms with Crippen LogP contribution in [-0.2, 0) is 16.1 Å². The Hall–Kier alpha value is -3.61. The smallest absolute Gasteiger partial charge is 0.265 e. The first-order valence-electron chi connectivity index (χ1n) is 10.3. The van der Waals surface area contributed by atoms with E-state index in [0.717, 1.165) is 22.6 Å². The molecule has 31 heavy (non-hydrogen) atoms. The standard InChI is InChI=1S/C24H26N4O3/c1-17-20(18(2)28(25-17)19-9-5-4-6-10-19)15-26(3)23(29)13-14-27-21-11-7-8-12-22(21)31-16-24(27)30/h4-12H,13-16H2,1-3H3. The molecular weight excluding hydrogens is 392 g/mol. The predicted molar refractivity (Wildman–Crippen MR) is 118 cm³/mol. The zero-order valence-corrected chi connectivity index (χ0v) is 18.0. The third-order valence-electron chi connectivity index (χ3n) is 5.62. The molecule has 160 valence electrons. The van der Waals surface area contributed by atoms with Crippen LogP contribution in [0.3, 0.4) is 0 Å². The van der Waals surface area contributed by atoms with Gasteiger partial charge in [-0.05, 0) is 38.1 Å². The Kier molecular flexibility index (Phi) is 5.75. The molecular formula is C24H26N4O3. The first-order chi connectivity index (χ1) is 15.0. The Morgan fingerprint density at radius 1 is 1.10 bits per heavy atom. The van der Waals surface area contributed by atoms with Gasteiger partial charge in [-0.2, -0.15) is 5.10 Å². The van der Waals surface area contributed by atoms with Gasteiger partial charge in [0, 0.05) is 37.8 Å². The highest BCUT2D eigenvalue weighted by Gasteiger charge is 2.26. The lowest BCUT2D eigenvalue weighted by Crippen LogP contribution is -2.41. The van der Waals surface area contributed by atoms with Crippen molar-refractivity contribution >= 4 is 17.5 Å². The molecule has 0 aliphatic carbocycles. The third kappa shape index (κ3) is 4.17. The van der Waals surface area contributed by atoms with Gasteiger partial charge in [-0.3, -0.25) is 9.59 Å². The number of carbonyl (C=O) groups excluding carboxylic acids is 2. The zero-order valence-electron chi connectivity index (χ0n) is 18.0. The average molecular weight is 418 g/mol. The molecule has 1 aliphatic rings. The molecule has 0 fully saturated rings. The van der Waals surface area contributed by atoms with Crippen LogP contribution in [0.5, 0.6) is 5.75 Å². The van der Waals surface area contributed by atoms with E-state index in [1.807, 2.05) is 73.1 Å². The molecule has 7 heteroatoms. The summed E-state index contributed by atoms with van der Waals surface area (Å²) < 4.78 is 7.38. The minimum atomic E-state index is -0.134. The first-order valence-corrected chi connectivity index (χ1v) is 10.3. The van der Waals surface area contributed by atoms with E-state index >= 15 is 0 Å². The fourth-order valence-electron chi connectivity index (χ4n) is 3.85. The molecule has 3 aromatic rings. The van der Waals surface area contributed by atoms with Crippen molar-refractivity contribution in [2.75, 3.05) is 25.1 Å². The van der Waals surface area contributed by atoms with E-state index in [-0.39, 0.29) is 24.8 Å². The number of anilines is 1. The SMILES string of the molecule is Cc1nn(-c2ccccc2)c(C)c1CN(C)C(=O)CCN1C(=O)COc2ccccc21. The minimum Gasteiger partial charge on any atom is -0.482 e. The Balaban J connectivity index is 1.43. The maximum atomic E-state index is 12.8. The summed E-state index contributed by atoms with van der Waals surface area (Å²) in [7, 11) is 1.79. The van der Waals surface area contributed by atoms with Crippen LogP contribution in [-0.4, -0.2) is 46.7 Å². The lowest BCUT2D eigenvalue weighted by Gasteiger charge is -2.29. The van der Waals surface area contributed by atoms with E-state index < -0.39 is 0 Å². The van der Waals surface area contributed by atoms with E-state index in [1.54, 1.807) is 16.8 Å². The molecule has 0 saturated carbocycles. The molecule has 0 saturated heterocycles. The summed E-state index contributed by atoms with van der Waals surface area (Å²) in [5.74, 6) is 0.510. The normalized spacial score (nSPS) is 13.0. The van der Waals surface area contributed by atoms with Gasteiger partial charge in [0.25, 0.3) is 5.91 Å². The summed E-state index contributed by atoms with van der Waals surface area (Å²) >= 11 is 0. The molecule has 1 aliphatic heterocycles. The molecule has 0 unspecified atom stereocenters. The van der Waals surface area contributed by atoms with Gasteiger partial charge in [-0.25, -0.2) is 4.68 Å². The first kappa shape index (κ1) is 20.7. The van der Waals surface area contributed by atoms with E-state index in [0.29, 0.717) is 24.5 Å². The second-order valence-electron chi connectivity index (χ2n) is 7.70. The fourth-order valence-corrected chi connectivity index (χ4v) is 3.85. The number of fused-ring (bicyclic) bond motifs is 1. The second kappa shape index (κ2) is 8.63. The Morgan fingerprint density at radius 3 is 2.58 bits per heavy atom. The van der Waals surface area contributed by atoms with Crippen LogP contribution < -0.4 is 9.64 Å². The van der Waals surface area contributed by atoms with Crippen LogP contribution in [0.25, 0.3) is 5.69 Å². The number of benzene rings is 2. The van der Waals surface area contributed by atoms with Crippen LogP contribution in [0.2, 0.25) is 0 Å². The maximum Gasteiger partial charge on any atom is 0.265 e. The van der Waals surface area contributed by atoms with Gasteiger partial charge >= 0.3 is 0 Å². The molecule has 1 aromatic heterocycles. The molecule has 0 atom stereocenters. The van der Waals surface area contributed by atoms with Crippen LogP contribution in [0.1, 0.15) is 23.4 Å². The van der Waals surface area contributed by atoms with Gasteiger partial charge in [0.2, 0.25) is 5.91 Å². The monoisotopic (exact) mass is 418 g/mol. The lowest BCUT2D eigenvalue weighted by molar-refractivity contribution is -0.130. The number of para-hydroxylation sites is 3. The average Bonchev–Trinajstić information content (AvgIpc) is 3.07. The van der Waals surface area contributed by atoms with Crippen molar-refractivity contribution in [2.24, 2.45) is 0 Å². The van der Waals surface area contributed by atoms with Crippen molar-refractivity contribution in [1.82, 2.24) is 14.7 Å². The summed E-state index contributed by atoms with van der Waals surface area (Å²) in [6.45, 7) is 4.77. The number of aryl methyl sites for hydroxylation is 1. The number of hydrogen-bond donors (Lipinski definition) is 0. The number of nitrogens with zero attached hydrogens (tertiary/aromatic N) is 4. The van der Waals surface area contributed by atoms with Crippen molar-refractivity contribution in [3.05, 3.63) is 71.5 Å². The predicted octanol–water partition coefficient (Wildman–Crippen LogP) is 3.26. The van der Waals surface area contributed by atoms with Crippen molar-refractivity contribution < 1.29 is 14.3 Å². The summed E-state index contributed by atoms with van der Waals surface area (Å²) in [4.78, 5) is 28.5. The van der Waals surface area contributed by atoms with Gasteiger partial charge in [-0.15, -0.1) is 0 Å². The number of ether oxygens (including phenoxy) is 1. The van der Waals surface area contributed by atoms with Crippen molar-refractivity contribution in [3.8, 4) is 11.4 Å². The summed E-state index contributed by atoms with van der Waals surface area (Å²) in [6.07, 6.45) is 0.238. The number of aromatic nitrogens is 2. The summed E-state index contributed by atoms with van der Waals surface area (Å²) in [5, 5.41) is 4.66. The van der Waals surface area contributed by atoms with Gasteiger partial charge in [0.1, 0.15) is 5.75 Å². The van der Waals surface area contributed by atoms with Crippen LogP contribution >= 0.6 is 0 Å². The van der Waals surface area contributed by atoms with Crippen molar-refractivity contribution in [1.29, 1.82) is 0 Å². The van der Waals surface area contributed by atoms with Gasteiger partial charge < -0.3 is 14.5 Å². The second-order valence-corrected chi connectivity index (χ2v) is 7.70. The van der Waals surface area contributed by atoms with Gasteiger partial charge in [0.15, 0.2) is 6.61 Å². The third-order valence-corrected chi connectivity index (χ3v) is 5.62. The molecule has 4 rings (SSSR count). The molecule has 0 radical (unpaired) electrons. The van der Waals surface area contributed by atoms with E-state index in [1.165, 1.54) is 0 Å². The van der Waals surface area contributed by atoms with Crippen molar-refractivity contribution in [3.63, 3.8) is 0 Å². The molecule has 2 amide bonds. The Bertz CT molecular complexity index is 1110.